The molecular formula is C14H12N6O2. The summed E-state index contributed by atoms with van der Waals surface area (Å²) in [6.07, 6.45) is 6.46. The number of rotatable bonds is 3. The minimum Gasteiger partial charge on any atom is -0.316 e. The molecule has 0 bridgehead atoms. The average molecular weight is 296 g/mol. The summed E-state index contributed by atoms with van der Waals surface area (Å²) in [4.78, 5) is 29.1. The lowest BCUT2D eigenvalue weighted by Crippen LogP contribution is -2.43. The Morgan fingerprint density at radius 3 is 3.18 bits per heavy atom. The van der Waals surface area contributed by atoms with Crippen molar-refractivity contribution >= 4 is 17.7 Å². The number of hydrogen-bond donors (Lipinski definition) is 0. The smallest absolute Gasteiger partial charge is 0.187 e. The zero-order valence-electron chi connectivity index (χ0n) is 11.6. The van der Waals surface area contributed by atoms with E-state index in [2.05, 4.69) is 20.3 Å². The molecule has 3 aromatic rings. The maximum absolute atomic E-state index is 13.1. The molecule has 0 saturated carbocycles. The van der Waals surface area contributed by atoms with Crippen LogP contribution in [0.1, 0.15) is 29.0 Å². The van der Waals surface area contributed by atoms with Crippen molar-refractivity contribution in [2.45, 2.75) is 24.8 Å². The van der Waals surface area contributed by atoms with Gasteiger partial charge in [-0.05, 0) is 25.0 Å². The molecule has 4 rings (SSSR count). The first kappa shape index (κ1) is 12.8. The summed E-state index contributed by atoms with van der Waals surface area (Å²) in [5.74, 6) is 0.0929. The molecule has 0 saturated heterocycles. The molecule has 1 aliphatic rings. The minimum atomic E-state index is -1.30. The highest BCUT2D eigenvalue weighted by Gasteiger charge is 2.47. The van der Waals surface area contributed by atoms with E-state index >= 15 is 0 Å². The molecule has 3 aromatic heterocycles. The normalized spacial score (nSPS) is 20.7. The summed E-state index contributed by atoms with van der Waals surface area (Å²) in [5.41, 5.74) is -0.503. The number of aryl methyl sites for hydroxylation is 1. The maximum atomic E-state index is 13.1. The fourth-order valence-corrected chi connectivity index (χ4v) is 3.05. The van der Waals surface area contributed by atoms with E-state index in [-0.39, 0.29) is 5.78 Å². The first-order chi connectivity index (χ1) is 10.8. The second-order valence-electron chi connectivity index (χ2n) is 5.32. The monoisotopic (exact) mass is 296 g/mol. The van der Waals surface area contributed by atoms with Crippen LogP contribution in [0.3, 0.4) is 0 Å². The van der Waals surface area contributed by atoms with Crippen molar-refractivity contribution in [2.24, 2.45) is 0 Å². The van der Waals surface area contributed by atoms with Crippen LogP contribution >= 0.6 is 0 Å². The van der Waals surface area contributed by atoms with Crippen LogP contribution in [-0.2, 0) is 16.8 Å². The third-order valence-electron chi connectivity index (χ3n) is 4.14. The summed E-state index contributed by atoms with van der Waals surface area (Å²) in [5, 5.41) is 11.9. The lowest BCUT2D eigenvalue weighted by molar-refractivity contribution is -0.112. The molecule has 0 N–H and O–H groups in total. The first-order valence-electron chi connectivity index (χ1n) is 6.94. The van der Waals surface area contributed by atoms with E-state index < -0.39 is 5.41 Å². The Morgan fingerprint density at radius 2 is 2.32 bits per heavy atom. The number of nitrogens with zero attached hydrogens (tertiary/aromatic N) is 6. The lowest BCUT2D eigenvalue weighted by Gasteiger charge is -2.30. The lowest BCUT2D eigenvalue weighted by atomic mass is 9.75. The van der Waals surface area contributed by atoms with E-state index in [1.165, 1.54) is 10.8 Å². The number of Topliss-reactive ketones (excluding diaryl/α,β-unsaturated/α-hetero) is 1. The van der Waals surface area contributed by atoms with Crippen LogP contribution in [0, 0.1) is 0 Å². The van der Waals surface area contributed by atoms with Crippen LogP contribution in [0.25, 0.3) is 5.65 Å². The molecule has 110 valence electrons. The predicted octanol–water partition coefficient (Wildman–Crippen LogP) is 0.434. The standard InChI is InChI=1S/C14H12N6O2/c21-7-14(4-2-5-19-9-16-18-13(14)19)11(22)10-3-1-6-20-12(10)15-8-17-20/h1,3,6-9H,2,4-5H2. The highest BCUT2D eigenvalue weighted by atomic mass is 16.1. The second kappa shape index (κ2) is 4.55. The van der Waals surface area contributed by atoms with Crippen molar-refractivity contribution in [1.82, 2.24) is 29.4 Å². The van der Waals surface area contributed by atoms with Gasteiger partial charge >= 0.3 is 0 Å². The third-order valence-corrected chi connectivity index (χ3v) is 4.14. The van der Waals surface area contributed by atoms with E-state index in [0.29, 0.717) is 42.7 Å². The van der Waals surface area contributed by atoms with Gasteiger partial charge in [-0.15, -0.1) is 10.2 Å². The summed E-state index contributed by atoms with van der Waals surface area (Å²) >= 11 is 0. The second-order valence-corrected chi connectivity index (χ2v) is 5.32. The van der Waals surface area contributed by atoms with E-state index in [1.807, 2.05) is 0 Å². The van der Waals surface area contributed by atoms with Gasteiger partial charge in [0.1, 0.15) is 24.4 Å². The highest BCUT2D eigenvalue weighted by molar-refractivity contribution is 6.15. The quantitative estimate of drug-likeness (QED) is 0.395. The SMILES string of the molecule is O=CC1(C(=O)c2cccn3ncnc23)CCCn2cnnc21. The predicted molar refractivity (Wildman–Crippen MR) is 74.3 cm³/mol. The molecule has 22 heavy (non-hydrogen) atoms. The summed E-state index contributed by atoms with van der Waals surface area (Å²) < 4.78 is 3.28. The van der Waals surface area contributed by atoms with Crippen molar-refractivity contribution < 1.29 is 9.59 Å². The number of fused-ring (bicyclic) bond motifs is 2. The number of pyridine rings is 1. The Labute approximate surface area is 124 Å². The Kier molecular flexibility index (Phi) is 2.65. The molecule has 1 unspecified atom stereocenters. The molecule has 1 atom stereocenters. The highest BCUT2D eigenvalue weighted by Crippen LogP contribution is 2.34. The Bertz CT molecular complexity index is 882. The number of carbonyl (C=O) groups is 2. The molecule has 0 amide bonds. The number of carbonyl (C=O) groups excluding carboxylic acids is 2. The molecule has 8 nitrogen and oxygen atoms in total. The number of aldehydes is 1. The van der Waals surface area contributed by atoms with Crippen molar-refractivity contribution in [3.8, 4) is 0 Å². The van der Waals surface area contributed by atoms with Crippen LogP contribution in [0.15, 0.2) is 31.0 Å². The van der Waals surface area contributed by atoms with E-state index in [0.717, 1.165) is 0 Å². The fourth-order valence-electron chi connectivity index (χ4n) is 3.05. The molecule has 0 aromatic carbocycles. The van der Waals surface area contributed by atoms with Gasteiger partial charge in [-0.25, -0.2) is 9.50 Å². The van der Waals surface area contributed by atoms with Crippen molar-refractivity contribution in [2.75, 3.05) is 0 Å². The van der Waals surface area contributed by atoms with Gasteiger partial charge in [-0.3, -0.25) is 4.79 Å². The maximum Gasteiger partial charge on any atom is 0.187 e. The third kappa shape index (κ3) is 1.57. The van der Waals surface area contributed by atoms with Crippen LogP contribution in [0.2, 0.25) is 0 Å². The Morgan fingerprint density at radius 1 is 1.41 bits per heavy atom. The molecule has 1 aliphatic heterocycles. The first-order valence-corrected chi connectivity index (χ1v) is 6.94. The van der Waals surface area contributed by atoms with Crippen LogP contribution in [-0.4, -0.2) is 41.4 Å². The van der Waals surface area contributed by atoms with Gasteiger partial charge in [-0.1, -0.05) is 0 Å². The van der Waals surface area contributed by atoms with Gasteiger partial charge in [0.25, 0.3) is 0 Å². The van der Waals surface area contributed by atoms with Gasteiger partial charge in [0.15, 0.2) is 17.3 Å². The fraction of sp³-hybridized carbons (Fsp3) is 0.286. The van der Waals surface area contributed by atoms with Crippen molar-refractivity contribution in [3.05, 3.63) is 42.4 Å². The van der Waals surface area contributed by atoms with Crippen LogP contribution < -0.4 is 0 Å². The van der Waals surface area contributed by atoms with Crippen molar-refractivity contribution in [3.63, 3.8) is 0 Å². The molecule has 0 radical (unpaired) electrons. The molecular weight excluding hydrogens is 284 g/mol. The zero-order chi connectivity index (χ0) is 15.2. The van der Waals surface area contributed by atoms with E-state index in [4.69, 9.17) is 0 Å². The van der Waals surface area contributed by atoms with Gasteiger partial charge in [0, 0.05) is 12.7 Å². The summed E-state index contributed by atoms with van der Waals surface area (Å²) in [7, 11) is 0. The largest absolute Gasteiger partial charge is 0.316 e. The Hall–Kier alpha value is -2.90. The van der Waals surface area contributed by atoms with Gasteiger partial charge < -0.3 is 9.36 Å². The van der Waals surface area contributed by atoms with Crippen LogP contribution in [0.4, 0.5) is 0 Å². The molecule has 0 fully saturated rings. The summed E-state index contributed by atoms with van der Waals surface area (Å²) in [6, 6.07) is 3.37. The number of hydrogen-bond acceptors (Lipinski definition) is 6. The molecule has 8 heteroatoms. The number of aromatic nitrogens is 6. The molecule has 0 aliphatic carbocycles. The van der Waals surface area contributed by atoms with Gasteiger partial charge in [0.05, 0.1) is 5.56 Å². The number of ketones is 1. The van der Waals surface area contributed by atoms with Gasteiger partial charge in [0.2, 0.25) is 0 Å². The van der Waals surface area contributed by atoms with E-state index in [9.17, 15) is 9.59 Å². The van der Waals surface area contributed by atoms with E-state index in [1.54, 1.807) is 29.2 Å². The average Bonchev–Trinajstić information content (AvgIpc) is 3.22. The van der Waals surface area contributed by atoms with Crippen LogP contribution in [0.5, 0.6) is 0 Å². The van der Waals surface area contributed by atoms with Crippen molar-refractivity contribution in [1.29, 1.82) is 0 Å². The molecule has 0 spiro atoms. The summed E-state index contributed by atoms with van der Waals surface area (Å²) in [6.45, 7) is 0.709. The Balaban J connectivity index is 1.92. The van der Waals surface area contributed by atoms with Gasteiger partial charge in [-0.2, -0.15) is 5.10 Å². The topological polar surface area (TPSA) is 95.0 Å². The molecule has 4 heterocycles. The minimum absolute atomic E-state index is 0.310. The zero-order valence-corrected chi connectivity index (χ0v) is 11.6.